The van der Waals surface area contributed by atoms with E-state index in [2.05, 4.69) is 10.0 Å². The number of rotatable bonds is 9. The number of hydrogen-bond acceptors (Lipinski definition) is 4. The van der Waals surface area contributed by atoms with Gasteiger partial charge in [-0.15, -0.1) is 0 Å². The van der Waals surface area contributed by atoms with E-state index in [0.717, 1.165) is 0 Å². The van der Waals surface area contributed by atoms with Crippen molar-refractivity contribution in [2.45, 2.75) is 39.7 Å². The monoisotopic (exact) mass is 294 g/mol. The van der Waals surface area contributed by atoms with Crippen molar-refractivity contribution in [2.24, 2.45) is 5.92 Å². The molecule has 1 atom stereocenters. The summed E-state index contributed by atoms with van der Waals surface area (Å²) in [6.07, 6.45) is -0.195. The predicted octanol–water partition coefficient (Wildman–Crippen LogP) is -0.0687. The number of carboxylic acid groups (broad SMARTS) is 1. The fourth-order valence-corrected chi connectivity index (χ4v) is 2.54. The molecule has 0 saturated carbocycles. The summed E-state index contributed by atoms with van der Waals surface area (Å²) in [5.41, 5.74) is 0. The minimum absolute atomic E-state index is 0.0188. The SMILES string of the molecule is CC(C)CNC(=O)C(C)NS(=O)(=O)CCCC(=O)O. The van der Waals surface area contributed by atoms with Gasteiger partial charge in [-0.25, -0.2) is 13.1 Å². The predicted molar refractivity (Wildman–Crippen MR) is 71.1 cm³/mol. The molecule has 0 aromatic rings. The van der Waals surface area contributed by atoms with Crippen molar-refractivity contribution in [1.29, 1.82) is 0 Å². The van der Waals surface area contributed by atoms with Crippen LogP contribution < -0.4 is 10.0 Å². The van der Waals surface area contributed by atoms with Crippen LogP contribution in [0.1, 0.15) is 33.6 Å². The van der Waals surface area contributed by atoms with Crippen molar-refractivity contribution in [3.63, 3.8) is 0 Å². The molecule has 0 aromatic carbocycles. The van der Waals surface area contributed by atoms with Crippen LogP contribution in [0.4, 0.5) is 0 Å². The summed E-state index contributed by atoms with van der Waals surface area (Å²) in [5, 5.41) is 11.0. The van der Waals surface area contributed by atoms with Crippen LogP contribution >= 0.6 is 0 Å². The van der Waals surface area contributed by atoms with Gasteiger partial charge in [0.2, 0.25) is 15.9 Å². The van der Waals surface area contributed by atoms with Gasteiger partial charge in [-0.05, 0) is 19.3 Å². The molecule has 7 nitrogen and oxygen atoms in total. The van der Waals surface area contributed by atoms with Crippen molar-refractivity contribution in [1.82, 2.24) is 10.0 Å². The van der Waals surface area contributed by atoms with Crippen molar-refractivity contribution < 1.29 is 23.1 Å². The van der Waals surface area contributed by atoms with Gasteiger partial charge in [0.1, 0.15) is 0 Å². The summed E-state index contributed by atoms with van der Waals surface area (Å²) in [7, 11) is -3.63. The van der Waals surface area contributed by atoms with Gasteiger partial charge in [-0.3, -0.25) is 9.59 Å². The second-order valence-corrected chi connectivity index (χ2v) is 6.67. The Labute approximate surface area is 113 Å². The molecule has 8 heteroatoms. The third kappa shape index (κ3) is 9.43. The molecule has 0 rings (SSSR count). The molecule has 0 bridgehead atoms. The quantitative estimate of drug-likeness (QED) is 0.551. The lowest BCUT2D eigenvalue weighted by atomic mass is 10.2. The Bertz CT molecular complexity index is 405. The molecule has 0 spiro atoms. The highest BCUT2D eigenvalue weighted by Crippen LogP contribution is 1.97. The first-order valence-corrected chi connectivity index (χ1v) is 7.79. The average Bonchev–Trinajstić information content (AvgIpc) is 2.23. The maximum Gasteiger partial charge on any atom is 0.303 e. The lowest BCUT2D eigenvalue weighted by Crippen LogP contribution is -2.46. The third-order valence-electron chi connectivity index (χ3n) is 2.24. The molecule has 0 radical (unpaired) electrons. The van der Waals surface area contributed by atoms with Gasteiger partial charge < -0.3 is 10.4 Å². The van der Waals surface area contributed by atoms with E-state index in [9.17, 15) is 18.0 Å². The summed E-state index contributed by atoms with van der Waals surface area (Å²) in [5.74, 6) is -1.46. The highest BCUT2D eigenvalue weighted by molar-refractivity contribution is 7.89. The van der Waals surface area contributed by atoms with E-state index in [4.69, 9.17) is 5.11 Å². The number of hydrogen-bond donors (Lipinski definition) is 3. The van der Waals surface area contributed by atoms with E-state index in [1.54, 1.807) is 0 Å². The Kier molecular flexibility index (Phi) is 7.62. The fraction of sp³-hybridized carbons (Fsp3) is 0.818. The molecule has 0 heterocycles. The molecule has 0 aliphatic carbocycles. The molecule has 0 aliphatic heterocycles. The summed E-state index contributed by atoms with van der Waals surface area (Å²) >= 11 is 0. The van der Waals surface area contributed by atoms with Gasteiger partial charge in [0.05, 0.1) is 11.8 Å². The Morgan fingerprint density at radius 2 is 1.79 bits per heavy atom. The Morgan fingerprint density at radius 3 is 2.26 bits per heavy atom. The minimum Gasteiger partial charge on any atom is -0.481 e. The minimum atomic E-state index is -3.63. The summed E-state index contributed by atoms with van der Waals surface area (Å²) in [6, 6.07) is -0.867. The van der Waals surface area contributed by atoms with E-state index >= 15 is 0 Å². The molecule has 3 N–H and O–H groups in total. The number of aliphatic carboxylic acids is 1. The summed E-state index contributed by atoms with van der Waals surface area (Å²) in [6.45, 7) is 5.79. The van der Waals surface area contributed by atoms with Crippen molar-refractivity contribution in [2.75, 3.05) is 12.3 Å². The molecule has 0 fully saturated rings. The molecule has 1 amide bonds. The molecule has 19 heavy (non-hydrogen) atoms. The van der Waals surface area contributed by atoms with Gasteiger partial charge in [0.15, 0.2) is 0 Å². The average molecular weight is 294 g/mol. The van der Waals surface area contributed by atoms with Crippen molar-refractivity contribution in [3.8, 4) is 0 Å². The molecular formula is C11H22N2O5S. The van der Waals surface area contributed by atoms with Gasteiger partial charge in [-0.1, -0.05) is 13.8 Å². The summed E-state index contributed by atoms with van der Waals surface area (Å²) < 4.78 is 25.4. The number of nitrogens with one attached hydrogen (secondary N) is 2. The molecule has 0 aliphatic rings. The second-order valence-electron chi connectivity index (χ2n) is 4.79. The van der Waals surface area contributed by atoms with E-state index in [1.807, 2.05) is 13.8 Å². The van der Waals surface area contributed by atoms with E-state index in [-0.39, 0.29) is 24.5 Å². The Balaban J connectivity index is 4.18. The van der Waals surface area contributed by atoms with Crippen LogP contribution in [0.2, 0.25) is 0 Å². The van der Waals surface area contributed by atoms with Crippen LogP contribution in [-0.4, -0.2) is 43.7 Å². The maximum atomic E-state index is 11.6. The highest BCUT2D eigenvalue weighted by Gasteiger charge is 2.20. The van der Waals surface area contributed by atoms with Gasteiger partial charge in [-0.2, -0.15) is 0 Å². The molecule has 1 unspecified atom stereocenters. The normalized spacial score (nSPS) is 13.3. The van der Waals surface area contributed by atoms with Gasteiger partial charge in [0, 0.05) is 13.0 Å². The standard InChI is InChI=1S/C11H22N2O5S/c1-8(2)7-12-11(16)9(3)13-19(17,18)6-4-5-10(14)15/h8-9,13H,4-7H2,1-3H3,(H,12,16)(H,14,15). The first-order valence-electron chi connectivity index (χ1n) is 6.13. The van der Waals surface area contributed by atoms with E-state index in [1.165, 1.54) is 6.92 Å². The molecule has 0 aromatic heterocycles. The number of carboxylic acids is 1. The highest BCUT2D eigenvalue weighted by atomic mass is 32.2. The number of carbonyl (C=O) groups is 2. The number of carbonyl (C=O) groups excluding carboxylic acids is 1. The fourth-order valence-electron chi connectivity index (χ4n) is 1.25. The topological polar surface area (TPSA) is 113 Å². The largest absolute Gasteiger partial charge is 0.481 e. The maximum absolute atomic E-state index is 11.6. The second kappa shape index (κ2) is 8.11. The number of sulfonamides is 1. The van der Waals surface area contributed by atoms with Crippen LogP contribution in [0, 0.1) is 5.92 Å². The van der Waals surface area contributed by atoms with E-state index in [0.29, 0.717) is 6.54 Å². The van der Waals surface area contributed by atoms with Crippen LogP contribution in [0.5, 0.6) is 0 Å². The van der Waals surface area contributed by atoms with Crippen LogP contribution in [0.3, 0.4) is 0 Å². The van der Waals surface area contributed by atoms with Crippen LogP contribution in [0.25, 0.3) is 0 Å². The first kappa shape index (κ1) is 17.8. The molecular weight excluding hydrogens is 272 g/mol. The molecule has 0 saturated heterocycles. The van der Waals surface area contributed by atoms with E-state index < -0.39 is 27.9 Å². The third-order valence-corrected chi connectivity index (χ3v) is 3.78. The lowest BCUT2D eigenvalue weighted by Gasteiger charge is -2.15. The first-order chi connectivity index (χ1) is 8.64. The van der Waals surface area contributed by atoms with Crippen molar-refractivity contribution in [3.05, 3.63) is 0 Å². The zero-order chi connectivity index (χ0) is 15.1. The lowest BCUT2D eigenvalue weighted by molar-refractivity contribution is -0.137. The molecule has 112 valence electrons. The summed E-state index contributed by atoms with van der Waals surface area (Å²) in [4.78, 5) is 21.9. The number of amides is 1. The van der Waals surface area contributed by atoms with Crippen LogP contribution in [0.15, 0.2) is 0 Å². The Hall–Kier alpha value is -1.15. The van der Waals surface area contributed by atoms with Gasteiger partial charge >= 0.3 is 5.97 Å². The van der Waals surface area contributed by atoms with Gasteiger partial charge in [0.25, 0.3) is 0 Å². The zero-order valence-electron chi connectivity index (χ0n) is 11.5. The van der Waals surface area contributed by atoms with Crippen LogP contribution in [-0.2, 0) is 19.6 Å². The zero-order valence-corrected chi connectivity index (χ0v) is 12.3. The van der Waals surface area contributed by atoms with Crippen molar-refractivity contribution >= 4 is 21.9 Å². The smallest absolute Gasteiger partial charge is 0.303 e. The Morgan fingerprint density at radius 1 is 1.21 bits per heavy atom.